The van der Waals surface area contributed by atoms with E-state index in [1.807, 2.05) is 6.07 Å². The maximum Gasteiger partial charge on any atom is 0.138 e. The predicted molar refractivity (Wildman–Crippen MR) is 62.4 cm³/mol. The zero-order valence-electron chi connectivity index (χ0n) is 9.30. The lowest BCUT2D eigenvalue weighted by molar-refractivity contribution is -0.192. The summed E-state index contributed by atoms with van der Waals surface area (Å²) in [6.45, 7) is 1.66. The molecule has 5 nitrogen and oxygen atoms in total. The second-order valence-electron chi connectivity index (χ2n) is 3.97. The topological polar surface area (TPSA) is 82.8 Å². The molecule has 0 unspecified atom stereocenters. The zero-order valence-corrected chi connectivity index (χ0v) is 10.1. The first-order valence-electron chi connectivity index (χ1n) is 5.37. The maximum absolute atomic E-state index is 9.80. The number of thioether (sulfide) groups is 1. The van der Waals surface area contributed by atoms with Crippen LogP contribution >= 0.6 is 11.8 Å². The van der Waals surface area contributed by atoms with Gasteiger partial charge in [-0.3, -0.25) is 0 Å². The predicted octanol–water partition coefficient (Wildman–Crippen LogP) is 0.00120. The van der Waals surface area contributed by atoms with Crippen molar-refractivity contribution < 1.29 is 20.1 Å². The molecular formula is C11H15NO4S. The Morgan fingerprint density at radius 1 is 1.18 bits per heavy atom. The fourth-order valence-electron chi connectivity index (χ4n) is 1.65. The van der Waals surface area contributed by atoms with Gasteiger partial charge in [-0.1, -0.05) is 17.8 Å². The number of aromatic nitrogens is 1. The summed E-state index contributed by atoms with van der Waals surface area (Å²) in [5.74, 6) is 0. The molecule has 1 aromatic rings. The second-order valence-corrected chi connectivity index (χ2v) is 5.09. The van der Waals surface area contributed by atoms with E-state index in [-0.39, 0.29) is 0 Å². The van der Waals surface area contributed by atoms with Gasteiger partial charge in [0.05, 0.1) is 11.1 Å². The molecule has 17 heavy (non-hydrogen) atoms. The number of aliphatic hydroxyl groups is 3. The summed E-state index contributed by atoms with van der Waals surface area (Å²) in [6, 6.07) is 5.42. The molecule has 0 aliphatic carbocycles. The average molecular weight is 257 g/mol. The van der Waals surface area contributed by atoms with Crippen molar-refractivity contribution in [2.24, 2.45) is 0 Å². The van der Waals surface area contributed by atoms with Crippen molar-refractivity contribution in [3.63, 3.8) is 0 Å². The van der Waals surface area contributed by atoms with Crippen molar-refractivity contribution in [3.05, 3.63) is 24.4 Å². The van der Waals surface area contributed by atoms with Gasteiger partial charge in [-0.25, -0.2) is 4.98 Å². The smallest absolute Gasteiger partial charge is 0.138 e. The Hall–Kier alpha value is -0.660. The Kier molecular flexibility index (Phi) is 4.01. The molecule has 1 aromatic heterocycles. The van der Waals surface area contributed by atoms with Gasteiger partial charge in [-0.05, 0) is 19.1 Å². The Morgan fingerprint density at radius 3 is 2.59 bits per heavy atom. The van der Waals surface area contributed by atoms with Crippen LogP contribution in [-0.4, -0.2) is 50.2 Å². The molecule has 6 heteroatoms. The summed E-state index contributed by atoms with van der Waals surface area (Å²) in [6.07, 6.45) is -2.26. The number of hydrogen-bond donors (Lipinski definition) is 3. The zero-order chi connectivity index (χ0) is 12.4. The molecule has 94 valence electrons. The van der Waals surface area contributed by atoms with E-state index in [0.29, 0.717) is 5.03 Å². The van der Waals surface area contributed by atoms with Crippen LogP contribution in [0.15, 0.2) is 29.4 Å². The van der Waals surface area contributed by atoms with Gasteiger partial charge in [-0.2, -0.15) is 0 Å². The minimum atomic E-state index is -1.19. The van der Waals surface area contributed by atoms with E-state index in [2.05, 4.69) is 4.98 Å². The van der Waals surface area contributed by atoms with Crippen molar-refractivity contribution in [1.29, 1.82) is 0 Å². The van der Waals surface area contributed by atoms with Crippen LogP contribution < -0.4 is 0 Å². The van der Waals surface area contributed by atoms with Gasteiger partial charge in [0.2, 0.25) is 0 Å². The van der Waals surface area contributed by atoms with Gasteiger partial charge in [0.15, 0.2) is 0 Å². The minimum Gasteiger partial charge on any atom is -0.388 e. The van der Waals surface area contributed by atoms with Crippen LogP contribution in [0, 0.1) is 0 Å². The molecule has 0 saturated carbocycles. The molecule has 1 fully saturated rings. The number of ether oxygens (including phenoxy) is 1. The van der Waals surface area contributed by atoms with Crippen molar-refractivity contribution in [1.82, 2.24) is 4.98 Å². The number of hydrogen-bond acceptors (Lipinski definition) is 6. The maximum atomic E-state index is 9.80. The highest BCUT2D eigenvalue weighted by Gasteiger charge is 2.42. The third kappa shape index (κ3) is 2.78. The van der Waals surface area contributed by atoms with E-state index < -0.39 is 29.9 Å². The third-order valence-corrected chi connectivity index (χ3v) is 3.79. The van der Waals surface area contributed by atoms with Crippen LogP contribution in [0.2, 0.25) is 0 Å². The molecule has 0 radical (unpaired) electrons. The third-order valence-electron chi connectivity index (χ3n) is 2.68. The largest absolute Gasteiger partial charge is 0.388 e. The summed E-state index contributed by atoms with van der Waals surface area (Å²) < 4.78 is 5.45. The Bertz CT molecular complexity index is 364. The van der Waals surface area contributed by atoms with Crippen molar-refractivity contribution in [2.75, 3.05) is 0 Å². The highest BCUT2D eigenvalue weighted by molar-refractivity contribution is 7.99. The number of aliphatic hydroxyl groups excluding tert-OH is 3. The molecule has 0 amide bonds. The summed E-state index contributed by atoms with van der Waals surface area (Å²) in [5.41, 5.74) is -0.627. The number of rotatable bonds is 2. The molecule has 0 bridgehead atoms. The highest BCUT2D eigenvalue weighted by Crippen LogP contribution is 2.31. The lowest BCUT2D eigenvalue weighted by atomic mass is 10.0. The van der Waals surface area contributed by atoms with Crippen LogP contribution in [0.5, 0.6) is 0 Å². The molecule has 1 saturated heterocycles. The van der Waals surface area contributed by atoms with Gasteiger partial charge in [0.1, 0.15) is 23.7 Å². The second kappa shape index (κ2) is 5.32. The lowest BCUT2D eigenvalue weighted by Crippen LogP contribution is -2.55. The first-order valence-corrected chi connectivity index (χ1v) is 6.25. The Morgan fingerprint density at radius 2 is 1.94 bits per heavy atom. The van der Waals surface area contributed by atoms with Crippen molar-refractivity contribution >= 4 is 11.8 Å². The van der Waals surface area contributed by atoms with Gasteiger partial charge >= 0.3 is 0 Å². The Balaban J connectivity index is 2.06. The van der Waals surface area contributed by atoms with E-state index in [0.717, 1.165) is 0 Å². The van der Waals surface area contributed by atoms with Crippen LogP contribution in [-0.2, 0) is 4.74 Å². The molecular weight excluding hydrogens is 242 g/mol. The summed E-state index contributed by atoms with van der Waals surface area (Å²) >= 11 is 1.23. The summed E-state index contributed by atoms with van der Waals surface area (Å²) in [7, 11) is 0. The normalized spacial score (nSPS) is 38.0. The minimum absolute atomic E-state index is 0.519. The van der Waals surface area contributed by atoms with Gasteiger partial charge in [-0.15, -0.1) is 0 Å². The fourth-order valence-corrected chi connectivity index (χ4v) is 2.69. The standard InChI is InChI=1S/C11H15NO4S/c1-6-8(13)9(14)10(15)11(16-6)17-7-4-2-3-5-12-7/h2-6,8-11,13-15H,1H3/t6-,8+,9+,10-,11+/m0/s1. The Labute approximate surface area is 103 Å². The van der Waals surface area contributed by atoms with E-state index in [9.17, 15) is 15.3 Å². The van der Waals surface area contributed by atoms with Crippen LogP contribution in [0.3, 0.4) is 0 Å². The average Bonchev–Trinajstić information content (AvgIpc) is 2.35. The van der Waals surface area contributed by atoms with Crippen LogP contribution in [0.25, 0.3) is 0 Å². The first kappa shape index (κ1) is 12.8. The summed E-state index contributed by atoms with van der Waals surface area (Å²) in [4.78, 5) is 4.10. The van der Waals surface area contributed by atoms with E-state index in [1.54, 1.807) is 25.3 Å². The molecule has 0 spiro atoms. The summed E-state index contributed by atoms with van der Waals surface area (Å²) in [5, 5.41) is 29.7. The molecule has 5 atom stereocenters. The highest BCUT2D eigenvalue weighted by atomic mass is 32.2. The van der Waals surface area contributed by atoms with Gasteiger partial charge in [0, 0.05) is 6.20 Å². The quantitative estimate of drug-likeness (QED) is 0.692. The van der Waals surface area contributed by atoms with E-state index in [1.165, 1.54) is 11.8 Å². The molecule has 0 aromatic carbocycles. The van der Waals surface area contributed by atoms with Crippen LogP contribution in [0.4, 0.5) is 0 Å². The lowest BCUT2D eigenvalue weighted by Gasteiger charge is -2.38. The van der Waals surface area contributed by atoms with Crippen LogP contribution in [0.1, 0.15) is 6.92 Å². The monoisotopic (exact) mass is 257 g/mol. The number of pyridine rings is 1. The molecule has 2 rings (SSSR count). The first-order chi connectivity index (χ1) is 8.09. The van der Waals surface area contributed by atoms with Crippen molar-refractivity contribution in [2.45, 2.75) is 41.8 Å². The van der Waals surface area contributed by atoms with E-state index >= 15 is 0 Å². The molecule has 2 heterocycles. The molecule has 1 aliphatic heterocycles. The van der Waals surface area contributed by atoms with Crippen molar-refractivity contribution in [3.8, 4) is 0 Å². The SMILES string of the molecule is C[C@@H]1O[C@H](Sc2ccccn2)[C@@H](O)[C@H](O)[C@@H]1O. The van der Waals surface area contributed by atoms with Gasteiger partial charge < -0.3 is 20.1 Å². The fraction of sp³-hybridized carbons (Fsp3) is 0.545. The van der Waals surface area contributed by atoms with E-state index in [4.69, 9.17) is 4.74 Å². The molecule has 3 N–H and O–H groups in total. The number of nitrogens with zero attached hydrogens (tertiary/aromatic N) is 1. The van der Waals surface area contributed by atoms with Gasteiger partial charge in [0.25, 0.3) is 0 Å². The molecule has 1 aliphatic rings.